The molecule has 6 heteroatoms. The fourth-order valence-corrected chi connectivity index (χ4v) is 0.947. The zero-order chi connectivity index (χ0) is 10.0. The Hall–Kier alpha value is -1.59. The standard InChI is InChI=1S/C7H13N5O/c1-5(7(13)11(2)3)12-9-4-6(8)10-12/h4-5H,1-3H3,(H2,8,10). The first-order valence-corrected chi connectivity index (χ1v) is 3.91. The van der Waals surface area contributed by atoms with Crippen molar-refractivity contribution in [2.75, 3.05) is 19.8 Å². The maximum Gasteiger partial charge on any atom is 0.248 e. The summed E-state index contributed by atoms with van der Waals surface area (Å²) in [6.07, 6.45) is 1.42. The number of nitrogens with zero attached hydrogens (tertiary/aromatic N) is 4. The molecular formula is C7H13N5O. The average Bonchev–Trinajstić information content (AvgIpc) is 2.49. The van der Waals surface area contributed by atoms with Gasteiger partial charge in [-0.05, 0) is 6.92 Å². The number of carbonyl (C=O) groups excluding carboxylic acids is 1. The minimum Gasteiger partial charge on any atom is -0.381 e. The molecule has 0 aliphatic rings. The topological polar surface area (TPSA) is 77.0 Å². The first-order valence-electron chi connectivity index (χ1n) is 3.91. The van der Waals surface area contributed by atoms with E-state index in [0.29, 0.717) is 5.82 Å². The molecule has 0 spiro atoms. The van der Waals surface area contributed by atoms with E-state index in [2.05, 4.69) is 10.2 Å². The average molecular weight is 183 g/mol. The summed E-state index contributed by atoms with van der Waals surface area (Å²) in [6.45, 7) is 1.72. The summed E-state index contributed by atoms with van der Waals surface area (Å²) in [5.41, 5.74) is 5.37. The van der Waals surface area contributed by atoms with Crippen molar-refractivity contribution in [3.8, 4) is 0 Å². The van der Waals surface area contributed by atoms with Crippen molar-refractivity contribution in [3.63, 3.8) is 0 Å². The SMILES string of the molecule is CC(C(=O)N(C)C)n1ncc(N)n1. The monoisotopic (exact) mass is 183 g/mol. The van der Waals surface area contributed by atoms with Gasteiger partial charge in [-0.25, -0.2) is 0 Å². The minimum absolute atomic E-state index is 0.0596. The van der Waals surface area contributed by atoms with Gasteiger partial charge >= 0.3 is 0 Å². The van der Waals surface area contributed by atoms with Gasteiger partial charge in [-0.15, -0.1) is 5.10 Å². The summed E-state index contributed by atoms with van der Waals surface area (Å²) < 4.78 is 0. The summed E-state index contributed by atoms with van der Waals surface area (Å²) >= 11 is 0. The van der Waals surface area contributed by atoms with Crippen molar-refractivity contribution in [2.24, 2.45) is 0 Å². The van der Waals surface area contributed by atoms with Gasteiger partial charge < -0.3 is 10.6 Å². The number of likely N-dealkylation sites (N-methyl/N-ethyl adjacent to an activating group) is 1. The van der Waals surface area contributed by atoms with Gasteiger partial charge in [-0.2, -0.15) is 9.90 Å². The molecule has 6 nitrogen and oxygen atoms in total. The molecule has 1 atom stereocenters. The minimum atomic E-state index is -0.410. The van der Waals surface area contributed by atoms with Gasteiger partial charge in [0, 0.05) is 14.1 Å². The third kappa shape index (κ3) is 1.95. The number of carbonyl (C=O) groups is 1. The van der Waals surface area contributed by atoms with Gasteiger partial charge in [0.1, 0.15) is 6.04 Å². The van der Waals surface area contributed by atoms with Crippen LogP contribution in [0.2, 0.25) is 0 Å². The number of amides is 1. The zero-order valence-corrected chi connectivity index (χ0v) is 7.93. The number of anilines is 1. The van der Waals surface area contributed by atoms with Crippen LogP contribution in [0.15, 0.2) is 6.20 Å². The number of hydrogen-bond donors (Lipinski definition) is 1. The van der Waals surface area contributed by atoms with Crippen molar-refractivity contribution in [1.82, 2.24) is 19.9 Å². The lowest BCUT2D eigenvalue weighted by molar-refractivity contribution is -0.132. The highest BCUT2D eigenvalue weighted by molar-refractivity contribution is 5.79. The van der Waals surface area contributed by atoms with Crippen LogP contribution in [0, 0.1) is 0 Å². The highest BCUT2D eigenvalue weighted by atomic mass is 16.2. The molecule has 0 radical (unpaired) electrons. The molecule has 0 saturated heterocycles. The highest BCUT2D eigenvalue weighted by Gasteiger charge is 2.18. The molecule has 1 amide bonds. The second-order valence-electron chi connectivity index (χ2n) is 3.00. The van der Waals surface area contributed by atoms with Crippen LogP contribution in [0.4, 0.5) is 5.82 Å². The summed E-state index contributed by atoms with van der Waals surface area (Å²) in [7, 11) is 3.37. The van der Waals surface area contributed by atoms with E-state index in [1.165, 1.54) is 15.9 Å². The Bertz CT molecular complexity index is 306. The lowest BCUT2D eigenvalue weighted by Crippen LogP contribution is -2.31. The van der Waals surface area contributed by atoms with E-state index in [-0.39, 0.29) is 5.91 Å². The van der Waals surface area contributed by atoms with E-state index in [1.807, 2.05) is 0 Å². The molecule has 0 aliphatic heterocycles. The van der Waals surface area contributed by atoms with E-state index >= 15 is 0 Å². The first kappa shape index (κ1) is 9.50. The van der Waals surface area contributed by atoms with E-state index in [0.717, 1.165) is 0 Å². The molecule has 0 saturated carbocycles. The third-order valence-electron chi connectivity index (χ3n) is 1.67. The van der Waals surface area contributed by atoms with E-state index in [4.69, 9.17) is 5.73 Å². The predicted molar refractivity (Wildman–Crippen MR) is 47.8 cm³/mol. The predicted octanol–water partition coefficient (Wildman–Crippen LogP) is -0.491. The van der Waals surface area contributed by atoms with Crippen LogP contribution in [0.5, 0.6) is 0 Å². The Kier molecular flexibility index (Phi) is 2.50. The molecule has 0 fully saturated rings. The zero-order valence-electron chi connectivity index (χ0n) is 7.93. The quantitative estimate of drug-likeness (QED) is 0.671. The van der Waals surface area contributed by atoms with Crippen LogP contribution in [0.25, 0.3) is 0 Å². The summed E-state index contributed by atoms with van der Waals surface area (Å²) in [5.74, 6) is 0.258. The molecule has 0 aliphatic carbocycles. The molecule has 2 N–H and O–H groups in total. The normalized spacial score (nSPS) is 12.5. The fourth-order valence-electron chi connectivity index (χ4n) is 0.947. The molecule has 72 valence electrons. The number of nitrogen functional groups attached to an aromatic ring is 1. The van der Waals surface area contributed by atoms with Crippen LogP contribution < -0.4 is 5.73 Å². The highest BCUT2D eigenvalue weighted by Crippen LogP contribution is 2.05. The number of nitrogens with two attached hydrogens (primary N) is 1. The second-order valence-corrected chi connectivity index (χ2v) is 3.00. The van der Waals surface area contributed by atoms with Crippen LogP contribution in [0.3, 0.4) is 0 Å². The Morgan fingerprint density at radius 1 is 1.69 bits per heavy atom. The van der Waals surface area contributed by atoms with Gasteiger partial charge in [0.05, 0.1) is 6.20 Å². The van der Waals surface area contributed by atoms with Crippen LogP contribution in [0.1, 0.15) is 13.0 Å². The molecule has 1 heterocycles. The van der Waals surface area contributed by atoms with Gasteiger partial charge in [0.2, 0.25) is 5.91 Å². The van der Waals surface area contributed by atoms with Gasteiger partial charge in [-0.3, -0.25) is 4.79 Å². The Morgan fingerprint density at radius 3 is 2.69 bits per heavy atom. The number of aromatic nitrogens is 3. The Balaban J connectivity index is 2.79. The van der Waals surface area contributed by atoms with Crippen molar-refractivity contribution >= 4 is 11.7 Å². The lowest BCUT2D eigenvalue weighted by atomic mass is 10.3. The number of hydrogen-bond acceptors (Lipinski definition) is 4. The molecule has 1 aromatic rings. The third-order valence-corrected chi connectivity index (χ3v) is 1.67. The Morgan fingerprint density at radius 2 is 2.31 bits per heavy atom. The molecule has 1 rings (SSSR count). The van der Waals surface area contributed by atoms with Crippen LogP contribution >= 0.6 is 0 Å². The number of rotatable bonds is 2. The lowest BCUT2D eigenvalue weighted by Gasteiger charge is -2.15. The largest absolute Gasteiger partial charge is 0.381 e. The summed E-state index contributed by atoms with van der Waals surface area (Å²) in [6, 6.07) is -0.410. The molecular weight excluding hydrogens is 170 g/mol. The maximum absolute atomic E-state index is 11.4. The summed E-state index contributed by atoms with van der Waals surface area (Å²) in [4.78, 5) is 14.2. The molecule has 13 heavy (non-hydrogen) atoms. The van der Waals surface area contributed by atoms with Gasteiger partial charge in [-0.1, -0.05) is 0 Å². The second kappa shape index (κ2) is 3.42. The molecule has 0 bridgehead atoms. The fraction of sp³-hybridized carbons (Fsp3) is 0.571. The molecule has 1 unspecified atom stereocenters. The van der Waals surface area contributed by atoms with E-state index in [9.17, 15) is 4.79 Å². The first-order chi connectivity index (χ1) is 6.02. The van der Waals surface area contributed by atoms with Crippen molar-refractivity contribution < 1.29 is 4.79 Å². The summed E-state index contributed by atoms with van der Waals surface area (Å²) in [5, 5.41) is 7.70. The van der Waals surface area contributed by atoms with Crippen molar-refractivity contribution in [2.45, 2.75) is 13.0 Å². The van der Waals surface area contributed by atoms with Crippen molar-refractivity contribution in [1.29, 1.82) is 0 Å². The Labute approximate surface area is 76.3 Å². The van der Waals surface area contributed by atoms with Gasteiger partial charge in [0.15, 0.2) is 5.82 Å². The van der Waals surface area contributed by atoms with Crippen LogP contribution in [-0.2, 0) is 4.79 Å². The van der Waals surface area contributed by atoms with Crippen molar-refractivity contribution in [3.05, 3.63) is 6.20 Å². The van der Waals surface area contributed by atoms with Gasteiger partial charge in [0.25, 0.3) is 0 Å². The van der Waals surface area contributed by atoms with E-state index in [1.54, 1.807) is 21.0 Å². The maximum atomic E-state index is 11.4. The van der Waals surface area contributed by atoms with E-state index < -0.39 is 6.04 Å². The smallest absolute Gasteiger partial charge is 0.248 e. The molecule has 0 aromatic carbocycles. The van der Waals surface area contributed by atoms with Crippen LogP contribution in [-0.4, -0.2) is 39.9 Å². The molecule has 1 aromatic heterocycles.